The van der Waals surface area contributed by atoms with Gasteiger partial charge in [-0.2, -0.15) is 0 Å². The van der Waals surface area contributed by atoms with Crippen molar-refractivity contribution in [2.45, 2.75) is 81.5 Å². The van der Waals surface area contributed by atoms with Gasteiger partial charge in [-0.15, -0.1) is 11.3 Å². The van der Waals surface area contributed by atoms with E-state index >= 15 is 0 Å². The second-order valence-corrected chi connectivity index (χ2v) is 16.9. The second-order valence-electron chi connectivity index (χ2n) is 15.8. The summed E-state index contributed by atoms with van der Waals surface area (Å²) in [7, 11) is 0. The lowest BCUT2D eigenvalue weighted by molar-refractivity contribution is 0.443. The first-order valence-corrected chi connectivity index (χ1v) is 20.3. The maximum absolute atomic E-state index is 3.88. The predicted molar refractivity (Wildman–Crippen MR) is 217 cm³/mol. The molecular weight excluding hydrogens is 635 g/mol. The smallest absolute Gasteiger partial charge is 0.0726 e. The summed E-state index contributed by atoms with van der Waals surface area (Å²) in [5.41, 5.74) is 16.5. The largest absolute Gasteiger partial charge is 0.355 e. The van der Waals surface area contributed by atoms with Crippen LogP contribution in [0.15, 0.2) is 121 Å². The fraction of sp³-hybridized carbons (Fsp3) is 0.265. The summed E-state index contributed by atoms with van der Waals surface area (Å²) in [6.45, 7) is 0. The standard InChI is InChI=1S/C49H43NS/c1-3-11-31(12-4-1)33-19-23-38-39-24-20-34(32-13-5-2-6-14-32)28-45(39)49(44(38)27-33)43-17-9-7-15-37(43)40-25-21-35(29-46(40)49)50-36-22-26-42-41-16-8-10-18-47(41)51-48(42)30-36/h7-10,15-32,50H,1-6,11-14H2. The van der Waals surface area contributed by atoms with Gasteiger partial charge in [-0.05, 0) is 123 Å². The van der Waals surface area contributed by atoms with Crippen molar-refractivity contribution in [1.82, 2.24) is 0 Å². The van der Waals surface area contributed by atoms with Crippen LogP contribution in [0.4, 0.5) is 11.4 Å². The van der Waals surface area contributed by atoms with Crippen LogP contribution < -0.4 is 5.32 Å². The first-order valence-electron chi connectivity index (χ1n) is 19.5. The molecule has 7 aromatic rings. The van der Waals surface area contributed by atoms with Crippen molar-refractivity contribution >= 4 is 42.9 Å². The molecular formula is C49H43NS. The zero-order valence-corrected chi connectivity index (χ0v) is 30.0. The summed E-state index contributed by atoms with van der Waals surface area (Å²) in [6.07, 6.45) is 13.4. The highest BCUT2D eigenvalue weighted by atomic mass is 32.1. The Kier molecular flexibility index (Phi) is 6.88. The molecule has 51 heavy (non-hydrogen) atoms. The highest BCUT2D eigenvalue weighted by Gasteiger charge is 2.52. The molecule has 4 aliphatic carbocycles. The molecule has 0 amide bonds. The minimum Gasteiger partial charge on any atom is -0.355 e. The lowest BCUT2D eigenvalue weighted by Crippen LogP contribution is -2.26. The maximum Gasteiger partial charge on any atom is 0.0726 e. The Morgan fingerprint density at radius 2 is 0.961 bits per heavy atom. The number of thiophene rings is 1. The molecule has 250 valence electrons. The summed E-state index contributed by atoms with van der Waals surface area (Å²) < 4.78 is 2.68. The van der Waals surface area contributed by atoms with Gasteiger partial charge in [-0.3, -0.25) is 0 Å². The molecule has 2 heteroatoms. The summed E-state index contributed by atoms with van der Waals surface area (Å²) in [5.74, 6) is 1.33. The van der Waals surface area contributed by atoms with Gasteiger partial charge in [-0.25, -0.2) is 0 Å². The fourth-order valence-corrected chi connectivity index (χ4v) is 11.8. The molecule has 1 spiro atoms. The molecule has 11 rings (SSSR count). The molecule has 0 saturated heterocycles. The summed E-state index contributed by atoms with van der Waals surface area (Å²) in [5, 5.41) is 6.57. The average Bonchev–Trinajstić information content (AvgIpc) is 3.81. The quantitative estimate of drug-likeness (QED) is 0.195. The number of anilines is 2. The van der Waals surface area contributed by atoms with Gasteiger partial charge < -0.3 is 5.32 Å². The van der Waals surface area contributed by atoms with Crippen molar-refractivity contribution in [3.8, 4) is 22.3 Å². The average molecular weight is 678 g/mol. The Balaban J connectivity index is 1.11. The first-order chi connectivity index (χ1) is 25.3. The van der Waals surface area contributed by atoms with Crippen molar-refractivity contribution in [2.24, 2.45) is 0 Å². The highest BCUT2D eigenvalue weighted by molar-refractivity contribution is 7.25. The van der Waals surface area contributed by atoms with Crippen molar-refractivity contribution in [1.29, 1.82) is 0 Å². The molecule has 2 fully saturated rings. The van der Waals surface area contributed by atoms with Crippen molar-refractivity contribution in [3.63, 3.8) is 0 Å². The van der Waals surface area contributed by atoms with Gasteiger partial charge >= 0.3 is 0 Å². The Morgan fingerprint density at radius 3 is 1.67 bits per heavy atom. The van der Waals surface area contributed by atoms with Crippen LogP contribution >= 0.6 is 11.3 Å². The number of fused-ring (bicyclic) bond motifs is 13. The van der Waals surface area contributed by atoms with Crippen LogP contribution in [0.25, 0.3) is 42.4 Å². The minimum atomic E-state index is -0.334. The number of hydrogen-bond donors (Lipinski definition) is 1. The van der Waals surface area contributed by atoms with E-state index in [1.165, 1.54) is 129 Å². The van der Waals surface area contributed by atoms with Gasteiger partial charge in [0.25, 0.3) is 0 Å². The molecule has 0 unspecified atom stereocenters. The highest BCUT2D eigenvalue weighted by Crippen LogP contribution is 2.64. The van der Waals surface area contributed by atoms with Crippen LogP contribution in [0.5, 0.6) is 0 Å². The van der Waals surface area contributed by atoms with Crippen molar-refractivity contribution in [3.05, 3.63) is 155 Å². The maximum atomic E-state index is 3.88. The molecule has 0 bridgehead atoms. The van der Waals surface area contributed by atoms with E-state index in [9.17, 15) is 0 Å². The van der Waals surface area contributed by atoms with Gasteiger partial charge in [0.2, 0.25) is 0 Å². The normalized spacial score (nSPS) is 17.8. The van der Waals surface area contributed by atoms with E-state index < -0.39 is 0 Å². The van der Waals surface area contributed by atoms with Crippen LogP contribution in [0.3, 0.4) is 0 Å². The zero-order chi connectivity index (χ0) is 33.5. The molecule has 1 nitrogen and oxygen atoms in total. The Morgan fingerprint density at radius 1 is 0.431 bits per heavy atom. The third-order valence-electron chi connectivity index (χ3n) is 13.1. The lowest BCUT2D eigenvalue weighted by atomic mass is 9.69. The van der Waals surface area contributed by atoms with Gasteiger partial charge in [-0.1, -0.05) is 130 Å². The van der Waals surface area contributed by atoms with E-state index in [2.05, 4.69) is 127 Å². The van der Waals surface area contributed by atoms with Gasteiger partial charge in [0.15, 0.2) is 0 Å². The predicted octanol–water partition coefficient (Wildman–Crippen LogP) is 14.2. The Bertz CT molecular complexity index is 2420. The third-order valence-corrected chi connectivity index (χ3v) is 14.2. The molecule has 1 aromatic heterocycles. The second kappa shape index (κ2) is 11.7. The number of rotatable bonds is 4. The van der Waals surface area contributed by atoms with Crippen molar-refractivity contribution < 1.29 is 0 Å². The fourth-order valence-electron chi connectivity index (χ4n) is 10.6. The van der Waals surface area contributed by atoms with E-state index in [4.69, 9.17) is 0 Å². The molecule has 1 N–H and O–H groups in total. The van der Waals surface area contributed by atoms with Crippen LogP contribution in [0.1, 0.15) is 109 Å². The van der Waals surface area contributed by atoms with Gasteiger partial charge in [0, 0.05) is 31.5 Å². The molecule has 0 radical (unpaired) electrons. The molecule has 0 atom stereocenters. The van der Waals surface area contributed by atoms with E-state index in [1.807, 2.05) is 11.3 Å². The Labute approximate surface area is 305 Å². The number of nitrogens with one attached hydrogen (secondary N) is 1. The molecule has 0 aliphatic heterocycles. The van der Waals surface area contributed by atoms with Crippen LogP contribution in [-0.2, 0) is 5.41 Å². The molecule has 6 aromatic carbocycles. The third kappa shape index (κ3) is 4.52. The van der Waals surface area contributed by atoms with Crippen molar-refractivity contribution in [2.75, 3.05) is 5.32 Å². The number of hydrogen-bond acceptors (Lipinski definition) is 2. The SMILES string of the molecule is c1ccc2c(c1)-c1ccc(Nc3ccc4c(c3)sc3ccccc34)cc1C21c2cc(C3CCCCC3)ccc2-c2ccc(C3CCCCC3)cc21. The minimum absolute atomic E-state index is 0.334. The topological polar surface area (TPSA) is 12.0 Å². The van der Waals surface area contributed by atoms with Gasteiger partial charge in [0.05, 0.1) is 5.41 Å². The molecule has 4 aliphatic rings. The van der Waals surface area contributed by atoms with E-state index in [0.717, 1.165) is 11.4 Å². The van der Waals surface area contributed by atoms with Crippen LogP contribution in [0.2, 0.25) is 0 Å². The zero-order valence-electron chi connectivity index (χ0n) is 29.2. The Hall–Kier alpha value is -4.66. The summed E-state index contributed by atoms with van der Waals surface area (Å²) in [6, 6.07) is 47.5. The molecule has 1 heterocycles. The van der Waals surface area contributed by atoms with E-state index in [-0.39, 0.29) is 5.41 Å². The molecule has 2 saturated carbocycles. The summed E-state index contributed by atoms with van der Waals surface area (Å²) in [4.78, 5) is 0. The number of benzene rings is 6. The first kappa shape index (κ1) is 30.0. The van der Waals surface area contributed by atoms with Crippen LogP contribution in [0, 0.1) is 0 Å². The van der Waals surface area contributed by atoms with Crippen LogP contribution in [-0.4, -0.2) is 0 Å². The van der Waals surface area contributed by atoms with Gasteiger partial charge in [0.1, 0.15) is 0 Å². The summed E-state index contributed by atoms with van der Waals surface area (Å²) >= 11 is 1.88. The van der Waals surface area contributed by atoms with E-state index in [0.29, 0.717) is 11.8 Å². The van der Waals surface area contributed by atoms with E-state index in [1.54, 1.807) is 11.1 Å². The monoisotopic (exact) mass is 677 g/mol. The lowest BCUT2D eigenvalue weighted by Gasteiger charge is -2.32.